The van der Waals surface area contributed by atoms with Crippen molar-refractivity contribution in [2.75, 3.05) is 38.0 Å². The van der Waals surface area contributed by atoms with Crippen molar-refractivity contribution in [3.8, 4) is 6.07 Å². The normalized spacial score (nSPS) is 17.5. The zero-order valence-corrected chi connectivity index (χ0v) is 17.0. The van der Waals surface area contributed by atoms with Gasteiger partial charge >= 0.3 is 0 Å². The molecule has 3 rings (SSSR count). The molecule has 0 aromatic carbocycles. The molecule has 1 aliphatic heterocycles. The molecule has 0 atom stereocenters. The Morgan fingerprint density at radius 3 is 2.56 bits per heavy atom. The van der Waals surface area contributed by atoms with Crippen LogP contribution in [0.2, 0.25) is 0 Å². The highest BCUT2D eigenvalue weighted by Crippen LogP contribution is 2.37. The molecule has 1 aromatic rings. The number of hydrogen-bond donors (Lipinski definition) is 1. The van der Waals surface area contributed by atoms with Gasteiger partial charge in [-0.25, -0.2) is 0 Å². The first kappa shape index (κ1) is 19.8. The Balaban J connectivity index is 1.48. The topological polar surface area (TPSA) is 76.4 Å². The Hall–Kier alpha value is -1.91. The lowest BCUT2D eigenvalue weighted by Gasteiger charge is -2.35. The molecule has 0 radical (unpaired) electrons. The van der Waals surface area contributed by atoms with Crippen molar-refractivity contribution in [1.82, 2.24) is 9.80 Å². The molecule has 2 amide bonds. The summed E-state index contributed by atoms with van der Waals surface area (Å²) in [6.45, 7) is 7.62. The number of carbonyl (C=O) groups is 2. The number of nitrogens with zero attached hydrogens (tertiary/aromatic N) is 3. The number of carbonyl (C=O) groups excluding carboxylic acids is 2. The molecule has 7 heteroatoms. The van der Waals surface area contributed by atoms with Crippen molar-refractivity contribution >= 4 is 28.2 Å². The van der Waals surface area contributed by atoms with E-state index in [9.17, 15) is 14.9 Å². The summed E-state index contributed by atoms with van der Waals surface area (Å²) in [6.07, 6.45) is 4.66. The van der Waals surface area contributed by atoms with Crippen LogP contribution in [0.25, 0.3) is 0 Å². The molecule has 1 N–H and O–H groups in total. The van der Waals surface area contributed by atoms with E-state index < -0.39 is 0 Å². The number of aryl methyl sites for hydroxylation is 1. The number of amides is 2. The number of anilines is 1. The molecule has 1 fully saturated rings. The van der Waals surface area contributed by atoms with Crippen LogP contribution in [-0.2, 0) is 22.4 Å². The van der Waals surface area contributed by atoms with Gasteiger partial charge in [-0.05, 0) is 31.2 Å². The third kappa shape index (κ3) is 4.69. The Bertz CT molecular complexity index is 742. The average Bonchev–Trinajstić information content (AvgIpc) is 3.03. The summed E-state index contributed by atoms with van der Waals surface area (Å²) < 4.78 is 0. The third-order valence-corrected chi connectivity index (χ3v) is 6.58. The van der Waals surface area contributed by atoms with Crippen molar-refractivity contribution in [3.05, 3.63) is 16.0 Å². The first-order valence-electron chi connectivity index (χ1n) is 9.85. The van der Waals surface area contributed by atoms with E-state index in [2.05, 4.69) is 16.3 Å². The first-order valence-corrected chi connectivity index (χ1v) is 10.7. The minimum Gasteiger partial charge on any atom is -0.340 e. The summed E-state index contributed by atoms with van der Waals surface area (Å²) in [5, 5.41) is 13.2. The van der Waals surface area contributed by atoms with E-state index in [4.69, 9.17) is 0 Å². The van der Waals surface area contributed by atoms with Crippen molar-refractivity contribution in [2.24, 2.45) is 5.92 Å². The predicted molar refractivity (Wildman–Crippen MR) is 107 cm³/mol. The minimum absolute atomic E-state index is 0.0354. The van der Waals surface area contributed by atoms with E-state index >= 15 is 0 Å². The number of piperazine rings is 1. The Morgan fingerprint density at radius 1 is 1.19 bits per heavy atom. The zero-order valence-electron chi connectivity index (χ0n) is 16.2. The Kier molecular flexibility index (Phi) is 6.51. The molecule has 6 nitrogen and oxygen atoms in total. The molecular weight excluding hydrogens is 360 g/mol. The van der Waals surface area contributed by atoms with Crippen molar-refractivity contribution in [1.29, 1.82) is 5.26 Å². The molecule has 0 saturated carbocycles. The molecule has 0 spiro atoms. The number of rotatable bonds is 5. The van der Waals surface area contributed by atoms with Crippen molar-refractivity contribution in [3.63, 3.8) is 0 Å². The fourth-order valence-electron chi connectivity index (χ4n) is 3.78. The van der Waals surface area contributed by atoms with Gasteiger partial charge in [0.15, 0.2) is 0 Å². The molecule has 27 heavy (non-hydrogen) atoms. The molecule has 1 aliphatic carbocycles. The van der Waals surface area contributed by atoms with Crippen LogP contribution < -0.4 is 5.32 Å². The first-order chi connectivity index (χ1) is 13.0. The summed E-state index contributed by atoms with van der Waals surface area (Å²) in [4.78, 5) is 29.8. The number of hydrogen-bond acceptors (Lipinski definition) is 5. The second-order valence-corrected chi connectivity index (χ2v) is 8.75. The fraction of sp³-hybridized carbons (Fsp3) is 0.650. The highest BCUT2D eigenvalue weighted by atomic mass is 32.1. The number of thiophene rings is 1. The molecule has 1 aromatic heterocycles. The van der Waals surface area contributed by atoms with Crippen molar-refractivity contribution < 1.29 is 9.59 Å². The van der Waals surface area contributed by atoms with Crippen LogP contribution in [0, 0.1) is 17.2 Å². The summed E-state index contributed by atoms with van der Waals surface area (Å²) in [5.41, 5.74) is 1.82. The van der Waals surface area contributed by atoms with Crippen LogP contribution >= 0.6 is 11.3 Å². The SMILES string of the molecule is CC(C)C(=O)N1CCN(CCC(=O)Nc2sc3c(c2C#N)CCCC3)CC1. The summed E-state index contributed by atoms with van der Waals surface area (Å²) in [6, 6.07) is 2.29. The quantitative estimate of drug-likeness (QED) is 0.841. The molecule has 2 aliphatic rings. The lowest BCUT2D eigenvalue weighted by molar-refractivity contribution is -0.136. The minimum atomic E-state index is -0.0363. The van der Waals surface area contributed by atoms with Gasteiger partial charge in [0, 0.05) is 49.9 Å². The lowest BCUT2D eigenvalue weighted by atomic mass is 9.96. The van der Waals surface area contributed by atoms with Crippen LogP contribution in [0.15, 0.2) is 0 Å². The van der Waals surface area contributed by atoms with E-state index in [0.717, 1.165) is 62.4 Å². The highest BCUT2D eigenvalue weighted by molar-refractivity contribution is 7.16. The summed E-state index contributed by atoms with van der Waals surface area (Å²) in [5.74, 6) is 0.206. The van der Waals surface area contributed by atoms with Gasteiger partial charge in [0.1, 0.15) is 11.1 Å². The maximum Gasteiger partial charge on any atom is 0.226 e. The van der Waals surface area contributed by atoms with Crippen LogP contribution in [0.1, 0.15) is 49.1 Å². The number of nitrogens with one attached hydrogen (secondary N) is 1. The van der Waals surface area contributed by atoms with Gasteiger partial charge in [-0.3, -0.25) is 14.5 Å². The van der Waals surface area contributed by atoms with E-state index in [-0.39, 0.29) is 17.7 Å². The van der Waals surface area contributed by atoms with Gasteiger partial charge in [-0.2, -0.15) is 5.26 Å². The monoisotopic (exact) mass is 388 g/mol. The number of nitriles is 1. The largest absolute Gasteiger partial charge is 0.340 e. The molecule has 146 valence electrons. The molecule has 1 saturated heterocycles. The van der Waals surface area contributed by atoms with Crippen LogP contribution in [0.5, 0.6) is 0 Å². The molecular formula is C20H28N4O2S. The van der Waals surface area contributed by atoms with E-state index in [1.54, 1.807) is 11.3 Å². The maximum absolute atomic E-state index is 12.4. The third-order valence-electron chi connectivity index (χ3n) is 5.37. The average molecular weight is 389 g/mol. The van der Waals surface area contributed by atoms with Gasteiger partial charge in [-0.1, -0.05) is 13.8 Å². The standard InChI is InChI=1S/C20H28N4O2S/c1-14(2)20(26)24-11-9-23(10-12-24)8-7-18(25)22-19-16(13-21)15-5-3-4-6-17(15)27-19/h14H,3-12H2,1-2H3,(H,22,25). The van der Waals surface area contributed by atoms with Gasteiger partial charge < -0.3 is 10.2 Å². The number of fused-ring (bicyclic) bond motifs is 1. The summed E-state index contributed by atoms with van der Waals surface area (Å²) in [7, 11) is 0. The fourth-order valence-corrected chi connectivity index (χ4v) is 5.03. The lowest BCUT2D eigenvalue weighted by Crippen LogP contribution is -2.50. The molecule has 2 heterocycles. The maximum atomic E-state index is 12.4. The molecule has 0 bridgehead atoms. The second kappa shape index (κ2) is 8.85. The zero-order chi connectivity index (χ0) is 19.4. The van der Waals surface area contributed by atoms with Crippen molar-refractivity contribution in [2.45, 2.75) is 46.0 Å². The van der Waals surface area contributed by atoms with E-state index in [1.165, 1.54) is 4.88 Å². The van der Waals surface area contributed by atoms with Gasteiger partial charge in [-0.15, -0.1) is 11.3 Å². The van der Waals surface area contributed by atoms with Gasteiger partial charge in [0.05, 0.1) is 5.56 Å². The van der Waals surface area contributed by atoms with Crippen LogP contribution in [-0.4, -0.2) is 54.3 Å². The van der Waals surface area contributed by atoms with Gasteiger partial charge in [0.25, 0.3) is 0 Å². The van der Waals surface area contributed by atoms with E-state index in [1.807, 2.05) is 18.7 Å². The Labute approximate surface area is 165 Å². The van der Waals surface area contributed by atoms with Crippen LogP contribution in [0.3, 0.4) is 0 Å². The van der Waals surface area contributed by atoms with Crippen LogP contribution in [0.4, 0.5) is 5.00 Å². The summed E-state index contributed by atoms with van der Waals surface area (Å²) >= 11 is 1.57. The van der Waals surface area contributed by atoms with E-state index in [0.29, 0.717) is 18.5 Å². The Morgan fingerprint density at radius 2 is 1.89 bits per heavy atom. The predicted octanol–water partition coefficient (Wildman–Crippen LogP) is 2.63. The second-order valence-electron chi connectivity index (χ2n) is 7.65. The highest BCUT2D eigenvalue weighted by Gasteiger charge is 2.24. The molecule has 0 unspecified atom stereocenters. The smallest absolute Gasteiger partial charge is 0.226 e. The van der Waals surface area contributed by atoms with Gasteiger partial charge in [0.2, 0.25) is 11.8 Å².